The Morgan fingerprint density at radius 3 is 2.32 bits per heavy atom. The largest absolute Gasteiger partial charge is 0.503 e. The Morgan fingerprint density at radius 1 is 1.16 bits per heavy atom. The number of rotatable bonds is 1. The summed E-state index contributed by atoms with van der Waals surface area (Å²) >= 11 is 0. The molecule has 2 aromatic rings. The first-order chi connectivity index (χ1) is 8.91. The van der Waals surface area contributed by atoms with Gasteiger partial charge in [0.25, 0.3) is 0 Å². The molecule has 1 aliphatic rings. The van der Waals surface area contributed by atoms with Gasteiger partial charge >= 0.3 is 5.69 Å². The van der Waals surface area contributed by atoms with Crippen LogP contribution in [0, 0.1) is 21.7 Å². The molecule has 1 aromatic carbocycles. The number of hydrogen-bond acceptors (Lipinski definition) is 6. The number of nitro groups is 1. The molecule has 19 heavy (non-hydrogen) atoms. The normalized spacial score (nSPS) is 13.4. The van der Waals surface area contributed by atoms with Crippen LogP contribution in [0.1, 0.15) is 0 Å². The topological polar surface area (TPSA) is 109 Å². The van der Waals surface area contributed by atoms with Crippen molar-refractivity contribution in [2.75, 3.05) is 0 Å². The van der Waals surface area contributed by atoms with Crippen molar-refractivity contribution in [2.45, 2.75) is 0 Å². The average molecular weight is 267 g/mol. The summed E-state index contributed by atoms with van der Waals surface area (Å²) in [6.07, 6.45) is 0. The molecule has 1 heterocycles. The fraction of sp³-hybridized carbons (Fsp3) is 0. The van der Waals surface area contributed by atoms with Gasteiger partial charge in [-0.25, -0.2) is 14.4 Å². The first kappa shape index (κ1) is 11.3. The number of aromatic nitrogens is 2. The van der Waals surface area contributed by atoms with Gasteiger partial charge in [0.2, 0.25) is 5.82 Å². The zero-order valence-corrected chi connectivity index (χ0v) is 8.89. The second-order valence-corrected chi connectivity index (χ2v) is 3.76. The molecule has 0 radical (unpaired) electrons. The van der Waals surface area contributed by atoms with E-state index in [0.29, 0.717) is 6.07 Å². The Bertz CT molecular complexity index is 894. The third kappa shape index (κ3) is 1.29. The molecule has 0 atom stereocenters. The van der Waals surface area contributed by atoms with E-state index < -0.39 is 39.3 Å². The number of benzene rings is 1. The summed E-state index contributed by atoms with van der Waals surface area (Å²) in [6, 6.07) is 0.633. The van der Waals surface area contributed by atoms with E-state index in [1.54, 1.807) is 0 Å². The van der Waals surface area contributed by atoms with E-state index in [1.807, 2.05) is 0 Å². The van der Waals surface area contributed by atoms with Crippen LogP contribution in [0.5, 0.6) is 0 Å². The smallest absolute Gasteiger partial charge is 0.335 e. The Hall–Kier alpha value is -2.84. The fourth-order valence-electron chi connectivity index (χ4n) is 1.78. The van der Waals surface area contributed by atoms with Gasteiger partial charge in [-0.2, -0.15) is 4.39 Å². The first-order valence-electron chi connectivity index (χ1n) is 4.89. The molecule has 0 saturated carbocycles. The molecule has 0 amide bonds. The predicted octanol–water partition coefficient (Wildman–Crippen LogP) is 0.162. The standard InChI is InChI=1S/C10H3F2N3O4/c11-2-1-3-5(8(4(2)12)15(18)19)14-7-6(13-3)9(16)10(7)17/h1,16-17H. The van der Waals surface area contributed by atoms with Crippen molar-refractivity contribution in [3.8, 4) is 0 Å². The van der Waals surface area contributed by atoms with Crippen molar-refractivity contribution in [3.05, 3.63) is 38.5 Å². The monoisotopic (exact) mass is 267 g/mol. The van der Waals surface area contributed by atoms with E-state index in [1.165, 1.54) is 0 Å². The maximum Gasteiger partial charge on any atom is 0.335 e. The van der Waals surface area contributed by atoms with Gasteiger partial charge in [0, 0.05) is 6.07 Å². The summed E-state index contributed by atoms with van der Waals surface area (Å²) in [5, 5.41) is 29.0. The van der Waals surface area contributed by atoms with Crippen LogP contribution >= 0.6 is 0 Å². The van der Waals surface area contributed by atoms with E-state index >= 15 is 0 Å². The Labute approximate surface area is 101 Å². The molecule has 2 N–H and O–H groups in total. The second-order valence-electron chi connectivity index (χ2n) is 3.76. The van der Waals surface area contributed by atoms with Crippen LogP contribution in [0.15, 0.2) is 6.07 Å². The summed E-state index contributed by atoms with van der Waals surface area (Å²) in [4.78, 5) is 17.0. The summed E-state index contributed by atoms with van der Waals surface area (Å²) in [5.41, 5.74) is -1.95. The number of fused-ring (bicyclic) bond motifs is 2. The molecular formula is C10H3F2N3O4. The third-order valence-electron chi connectivity index (χ3n) is 2.68. The maximum absolute atomic E-state index is 13.4. The second kappa shape index (κ2) is 3.34. The third-order valence-corrected chi connectivity index (χ3v) is 2.68. The van der Waals surface area contributed by atoms with Crippen molar-refractivity contribution in [1.29, 1.82) is 0 Å². The molecule has 0 bridgehead atoms. The molecule has 7 nitrogen and oxygen atoms in total. The van der Waals surface area contributed by atoms with Gasteiger partial charge in [0.15, 0.2) is 22.9 Å². The Balaban J connectivity index is 2.56. The van der Waals surface area contributed by atoms with Crippen LogP contribution in [-0.2, 0) is 0 Å². The molecule has 1 aromatic heterocycles. The molecule has 0 saturated heterocycles. The predicted molar refractivity (Wildman–Crippen MR) is 57.4 cm³/mol. The zero-order valence-electron chi connectivity index (χ0n) is 8.89. The molecular weight excluding hydrogens is 264 g/mol. The van der Waals surface area contributed by atoms with E-state index in [2.05, 4.69) is 9.97 Å². The Morgan fingerprint density at radius 2 is 1.74 bits per heavy atom. The van der Waals surface area contributed by atoms with Crippen LogP contribution in [-0.4, -0.2) is 25.1 Å². The van der Waals surface area contributed by atoms with Crippen LogP contribution in [0.25, 0.3) is 22.6 Å². The summed E-state index contributed by atoms with van der Waals surface area (Å²) in [7, 11) is 0. The van der Waals surface area contributed by atoms with Crippen molar-refractivity contribution >= 4 is 28.2 Å². The highest BCUT2D eigenvalue weighted by Crippen LogP contribution is 2.27. The highest BCUT2D eigenvalue weighted by molar-refractivity contribution is 5.88. The van der Waals surface area contributed by atoms with Gasteiger partial charge in [-0.05, 0) is 0 Å². The van der Waals surface area contributed by atoms with Gasteiger partial charge in [0.1, 0.15) is 10.7 Å². The van der Waals surface area contributed by atoms with Gasteiger partial charge in [-0.1, -0.05) is 0 Å². The number of aliphatic hydroxyl groups is 2. The SMILES string of the molecule is O=[N+]([O-])c1c(F)c(F)cc2nc3c(nc12)=C(O)C=3O. The van der Waals surface area contributed by atoms with Crippen LogP contribution in [0.3, 0.4) is 0 Å². The molecule has 0 spiro atoms. The van der Waals surface area contributed by atoms with E-state index in [4.69, 9.17) is 0 Å². The first-order valence-corrected chi connectivity index (χ1v) is 4.89. The van der Waals surface area contributed by atoms with Gasteiger partial charge in [-0.3, -0.25) is 10.1 Å². The van der Waals surface area contributed by atoms with Crippen LogP contribution in [0.4, 0.5) is 14.5 Å². The van der Waals surface area contributed by atoms with Gasteiger partial charge in [0.05, 0.1) is 10.4 Å². The van der Waals surface area contributed by atoms with Gasteiger partial charge < -0.3 is 10.2 Å². The van der Waals surface area contributed by atoms with Crippen molar-refractivity contribution in [2.24, 2.45) is 0 Å². The number of aliphatic hydroxyl groups excluding tert-OH is 2. The lowest BCUT2D eigenvalue weighted by Gasteiger charge is -2.09. The summed E-state index contributed by atoms with van der Waals surface area (Å²) in [6.45, 7) is 0. The minimum atomic E-state index is -1.65. The minimum Gasteiger partial charge on any atom is -0.503 e. The van der Waals surface area contributed by atoms with E-state index in [0.717, 1.165) is 0 Å². The summed E-state index contributed by atoms with van der Waals surface area (Å²) in [5.74, 6) is -4.24. The summed E-state index contributed by atoms with van der Waals surface area (Å²) < 4.78 is 26.6. The lowest BCUT2D eigenvalue weighted by Crippen LogP contribution is -2.43. The van der Waals surface area contributed by atoms with E-state index in [9.17, 15) is 29.1 Å². The molecule has 3 rings (SSSR count). The highest BCUT2D eigenvalue weighted by atomic mass is 19.2. The van der Waals surface area contributed by atoms with Crippen LogP contribution < -0.4 is 10.7 Å². The van der Waals surface area contributed by atoms with Crippen molar-refractivity contribution in [3.63, 3.8) is 0 Å². The maximum atomic E-state index is 13.4. The highest BCUT2D eigenvalue weighted by Gasteiger charge is 2.28. The molecule has 0 unspecified atom stereocenters. The molecule has 0 fully saturated rings. The number of hydrogen-bond donors (Lipinski definition) is 2. The van der Waals surface area contributed by atoms with Gasteiger partial charge in [-0.15, -0.1) is 0 Å². The molecule has 0 aliphatic heterocycles. The van der Waals surface area contributed by atoms with Crippen molar-refractivity contribution in [1.82, 2.24) is 9.97 Å². The fourth-order valence-corrected chi connectivity index (χ4v) is 1.78. The minimum absolute atomic E-state index is 0.120. The van der Waals surface area contributed by atoms with E-state index in [-0.39, 0.29) is 16.2 Å². The molecule has 1 aliphatic carbocycles. The number of halogens is 2. The number of nitrogens with zero attached hydrogens (tertiary/aromatic N) is 3. The van der Waals surface area contributed by atoms with Crippen molar-refractivity contribution < 1.29 is 23.9 Å². The lowest BCUT2D eigenvalue weighted by molar-refractivity contribution is -0.386. The zero-order chi connectivity index (χ0) is 13.9. The molecule has 9 heteroatoms. The Kier molecular flexibility index (Phi) is 1.98. The van der Waals surface area contributed by atoms with Crippen LogP contribution in [0.2, 0.25) is 0 Å². The number of nitro benzene ring substituents is 1. The molecule has 96 valence electrons. The average Bonchev–Trinajstić information content (AvgIpc) is 2.37. The quantitative estimate of drug-likeness (QED) is 0.562. The lowest BCUT2D eigenvalue weighted by atomic mass is 10.2.